The highest BCUT2D eigenvalue weighted by atomic mass is 16.6. The Balaban J connectivity index is 2.05. The number of benzene rings is 3. The van der Waals surface area contributed by atoms with Gasteiger partial charge in [0.25, 0.3) is 17.3 Å². The molecule has 3 aromatic rings. The lowest BCUT2D eigenvalue weighted by Crippen LogP contribution is -2.14. The van der Waals surface area contributed by atoms with Crippen LogP contribution < -0.4 is 5.32 Å². The first-order chi connectivity index (χ1) is 15.8. The first kappa shape index (κ1) is 20.9. The van der Waals surface area contributed by atoms with Crippen LogP contribution >= 0.6 is 0 Å². The minimum absolute atomic E-state index is 0.00570. The van der Waals surface area contributed by atoms with Crippen LogP contribution in [-0.4, -0.2) is 15.8 Å². The fourth-order valence-corrected chi connectivity index (χ4v) is 3.74. The van der Waals surface area contributed by atoms with E-state index < -0.39 is 21.4 Å². The molecule has 0 atom stereocenters. The summed E-state index contributed by atoms with van der Waals surface area (Å²) >= 11 is 0. The summed E-state index contributed by atoms with van der Waals surface area (Å²) in [5, 5.41) is 44.6. The molecule has 3 aromatic carbocycles. The highest BCUT2D eigenvalue weighted by Crippen LogP contribution is 2.49. The Bertz CT molecular complexity index is 1460. The van der Waals surface area contributed by atoms with E-state index in [0.29, 0.717) is 11.3 Å². The standard InChI is InChI=1S/C23H11N5O5/c24-11-13(12-25)21-18-8-15(27(30)31)6-7-17(18)22-19(21)9-16(28(32)33)10-20(22)23(29)26-14-4-2-1-3-5-14/h1-10H,(H,26,29). The van der Waals surface area contributed by atoms with E-state index in [9.17, 15) is 35.5 Å². The van der Waals surface area contributed by atoms with Gasteiger partial charge in [0.15, 0.2) is 0 Å². The van der Waals surface area contributed by atoms with E-state index in [0.717, 1.165) is 12.1 Å². The van der Waals surface area contributed by atoms with Gasteiger partial charge in [-0.25, -0.2) is 0 Å². The van der Waals surface area contributed by atoms with Crippen LogP contribution in [0.25, 0.3) is 16.7 Å². The lowest BCUT2D eigenvalue weighted by atomic mass is 9.96. The molecule has 0 fully saturated rings. The molecule has 33 heavy (non-hydrogen) atoms. The Morgan fingerprint density at radius 2 is 1.45 bits per heavy atom. The van der Waals surface area contributed by atoms with Gasteiger partial charge < -0.3 is 5.32 Å². The third kappa shape index (κ3) is 3.54. The maximum absolute atomic E-state index is 13.2. The van der Waals surface area contributed by atoms with Crippen LogP contribution in [0.15, 0.2) is 66.2 Å². The highest BCUT2D eigenvalue weighted by molar-refractivity contribution is 6.16. The molecule has 0 aliphatic heterocycles. The Hall–Kier alpha value is -5.35. The molecule has 1 N–H and O–H groups in total. The van der Waals surface area contributed by atoms with Gasteiger partial charge in [0.1, 0.15) is 17.7 Å². The average Bonchev–Trinajstić information content (AvgIpc) is 3.13. The Kier molecular flexibility index (Phi) is 5.10. The number of non-ortho nitro benzene ring substituents is 2. The summed E-state index contributed by atoms with van der Waals surface area (Å²) in [6, 6.07) is 18.0. The van der Waals surface area contributed by atoms with Crippen molar-refractivity contribution < 1.29 is 14.6 Å². The molecule has 10 nitrogen and oxygen atoms in total. The Morgan fingerprint density at radius 3 is 2.06 bits per heavy atom. The molecule has 0 saturated carbocycles. The number of nitrogens with zero attached hydrogens (tertiary/aromatic N) is 4. The number of carbonyl (C=O) groups is 1. The molecule has 1 aliphatic rings. The number of hydrogen-bond donors (Lipinski definition) is 1. The summed E-state index contributed by atoms with van der Waals surface area (Å²) in [5.41, 5.74) is 0.164. The highest BCUT2D eigenvalue weighted by Gasteiger charge is 2.34. The van der Waals surface area contributed by atoms with Gasteiger partial charge in [0.05, 0.1) is 15.4 Å². The van der Waals surface area contributed by atoms with Gasteiger partial charge in [-0.1, -0.05) is 18.2 Å². The molecule has 0 bridgehead atoms. The second kappa shape index (κ2) is 8.06. The summed E-state index contributed by atoms with van der Waals surface area (Å²) in [6.45, 7) is 0. The third-order valence-electron chi connectivity index (χ3n) is 5.11. The second-order valence-electron chi connectivity index (χ2n) is 6.95. The third-order valence-corrected chi connectivity index (χ3v) is 5.11. The zero-order valence-corrected chi connectivity index (χ0v) is 16.6. The van der Waals surface area contributed by atoms with Crippen molar-refractivity contribution >= 4 is 28.5 Å². The predicted molar refractivity (Wildman–Crippen MR) is 117 cm³/mol. The minimum atomic E-state index is -0.693. The number of allylic oxidation sites excluding steroid dienone is 1. The Morgan fingerprint density at radius 1 is 0.818 bits per heavy atom. The van der Waals surface area contributed by atoms with E-state index in [-0.39, 0.29) is 39.1 Å². The van der Waals surface area contributed by atoms with Crippen LogP contribution in [0.4, 0.5) is 17.1 Å². The van der Waals surface area contributed by atoms with Gasteiger partial charge >= 0.3 is 0 Å². The van der Waals surface area contributed by atoms with Crippen LogP contribution in [-0.2, 0) is 0 Å². The predicted octanol–water partition coefficient (Wildman–Crippen LogP) is 4.58. The lowest BCUT2D eigenvalue weighted by Gasteiger charge is -2.11. The number of fused-ring (bicyclic) bond motifs is 3. The topological polar surface area (TPSA) is 163 Å². The maximum atomic E-state index is 13.2. The van der Waals surface area contributed by atoms with Gasteiger partial charge in [-0.05, 0) is 34.9 Å². The number of carbonyl (C=O) groups excluding carboxylic acids is 1. The van der Waals surface area contributed by atoms with E-state index in [2.05, 4.69) is 5.32 Å². The van der Waals surface area contributed by atoms with Crippen molar-refractivity contribution in [3.05, 3.63) is 103 Å². The molecule has 0 unspecified atom stereocenters. The number of nitrogens with one attached hydrogen (secondary N) is 1. The van der Waals surface area contributed by atoms with Crippen molar-refractivity contribution in [2.45, 2.75) is 0 Å². The smallest absolute Gasteiger partial charge is 0.270 e. The van der Waals surface area contributed by atoms with Crippen LogP contribution in [0.2, 0.25) is 0 Å². The number of hydrogen-bond acceptors (Lipinski definition) is 7. The monoisotopic (exact) mass is 437 g/mol. The fraction of sp³-hybridized carbons (Fsp3) is 0. The maximum Gasteiger partial charge on any atom is 0.270 e. The quantitative estimate of drug-likeness (QED) is 0.277. The van der Waals surface area contributed by atoms with E-state index >= 15 is 0 Å². The summed E-state index contributed by atoms with van der Waals surface area (Å²) in [6.07, 6.45) is 0. The van der Waals surface area contributed by atoms with Crippen molar-refractivity contribution in [3.8, 4) is 23.3 Å². The second-order valence-corrected chi connectivity index (χ2v) is 6.95. The molecule has 0 spiro atoms. The van der Waals surface area contributed by atoms with E-state index in [4.69, 9.17) is 0 Å². The molecule has 158 valence electrons. The molecule has 0 heterocycles. The zero-order chi connectivity index (χ0) is 23.7. The molecule has 0 radical (unpaired) electrons. The van der Waals surface area contributed by atoms with Crippen molar-refractivity contribution in [2.75, 3.05) is 5.32 Å². The van der Waals surface area contributed by atoms with Gasteiger partial charge in [0, 0.05) is 41.1 Å². The number of rotatable bonds is 4. The van der Waals surface area contributed by atoms with Gasteiger partial charge in [-0.2, -0.15) is 10.5 Å². The molecule has 1 amide bonds. The van der Waals surface area contributed by atoms with Crippen LogP contribution in [0.5, 0.6) is 0 Å². The Labute approximate surface area is 185 Å². The average molecular weight is 437 g/mol. The molecule has 10 heteroatoms. The molecule has 4 rings (SSSR count). The van der Waals surface area contributed by atoms with Gasteiger partial charge in [0.2, 0.25) is 0 Å². The van der Waals surface area contributed by atoms with E-state index in [1.165, 1.54) is 18.2 Å². The summed E-state index contributed by atoms with van der Waals surface area (Å²) < 4.78 is 0. The van der Waals surface area contributed by atoms with E-state index in [1.807, 2.05) is 0 Å². The molecule has 1 aliphatic carbocycles. The number of nitriles is 2. The molecular formula is C23H11N5O5. The van der Waals surface area contributed by atoms with Crippen LogP contribution in [0.3, 0.4) is 0 Å². The SMILES string of the molecule is N#CC(C#N)=C1c2cc([N+](=O)[O-])ccc2-c2c(C(=O)Nc3ccccc3)cc([N+](=O)[O-])cc21. The number of amides is 1. The minimum Gasteiger partial charge on any atom is -0.322 e. The van der Waals surface area contributed by atoms with Crippen molar-refractivity contribution in [2.24, 2.45) is 0 Å². The summed E-state index contributed by atoms with van der Waals surface area (Å²) in [7, 11) is 0. The molecule has 0 saturated heterocycles. The molecular weight excluding hydrogens is 426 g/mol. The first-order valence-electron chi connectivity index (χ1n) is 9.38. The first-order valence-corrected chi connectivity index (χ1v) is 9.38. The van der Waals surface area contributed by atoms with Crippen LogP contribution in [0, 0.1) is 42.9 Å². The largest absolute Gasteiger partial charge is 0.322 e. The van der Waals surface area contributed by atoms with Crippen molar-refractivity contribution in [1.29, 1.82) is 10.5 Å². The fourth-order valence-electron chi connectivity index (χ4n) is 3.74. The normalized spacial score (nSPS) is 10.9. The van der Waals surface area contributed by atoms with Crippen molar-refractivity contribution in [1.82, 2.24) is 0 Å². The zero-order valence-electron chi connectivity index (χ0n) is 16.6. The lowest BCUT2D eigenvalue weighted by molar-refractivity contribution is -0.385. The van der Waals surface area contributed by atoms with Crippen LogP contribution in [0.1, 0.15) is 21.5 Å². The molecule has 0 aromatic heterocycles. The van der Waals surface area contributed by atoms with Gasteiger partial charge in [-0.3, -0.25) is 25.0 Å². The number of nitro benzene ring substituents is 2. The van der Waals surface area contributed by atoms with Gasteiger partial charge in [-0.15, -0.1) is 0 Å². The summed E-state index contributed by atoms with van der Waals surface area (Å²) in [5.74, 6) is -0.651. The van der Waals surface area contributed by atoms with Crippen molar-refractivity contribution in [3.63, 3.8) is 0 Å². The summed E-state index contributed by atoms with van der Waals surface area (Å²) in [4.78, 5) is 34.8. The number of anilines is 1. The number of para-hydroxylation sites is 1. The van der Waals surface area contributed by atoms with E-state index in [1.54, 1.807) is 42.5 Å². The number of nitro groups is 2.